The Morgan fingerprint density at radius 1 is 0.882 bits per heavy atom. The Labute approximate surface area is 199 Å². The number of ether oxygens (including phenoxy) is 2. The number of methoxy groups -OCH3 is 1. The molecule has 0 fully saturated rings. The Morgan fingerprint density at radius 2 is 1.56 bits per heavy atom. The SMILES string of the molecule is COc1ccccc1CN1C(=O)C(Nc2ccc(OC(C)C)cc2)=C(c2ccc(C)cc2)C1=O. The lowest BCUT2D eigenvalue weighted by Gasteiger charge is -2.17. The number of nitrogens with zero attached hydrogens (tertiary/aromatic N) is 1. The van der Waals surface area contributed by atoms with Gasteiger partial charge in [-0.15, -0.1) is 0 Å². The van der Waals surface area contributed by atoms with Crippen LogP contribution in [-0.4, -0.2) is 29.9 Å². The standard InChI is InChI=1S/C28H28N2O4/c1-18(2)34-23-15-13-22(14-16-23)29-26-25(20-11-9-19(3)10-12-20)27(31)30(28(26)32)17-21-7-5-6-8-24(21)33-4/h5-16,18,29H,17H2,1-4H3. The quantitative estimate of drug-likeness (QED) is 0.473. The van der Waals surface area contributed by atoms with Crippen LogP contribution < -0.4 is 14.8 Å². The van der Waals surface area contributed by atoms with E-state index in [2.05, 4.69) is 5.32 Å². The molecule has 0 atom stereocenters. The number of aryl methyl sites for hydroxylation is 1. The summed E-state index contributed by atoms with van der Waals surface area (Å²) in [5, 5.41) is 3.19. The lowest BCUT2D eigenvalue weighted by molar-refractivity contribution is -0.137. The van der Waals surface area contributed by atoms with Crippen LogP contribution in [0.2, 0.25) is 0 Å². The molecule has 0 aromatic heterocycles. The van der Waals surface area contributed by atoms with Gasteiger partial charge in [0.1, 0.15) is 17.2 Å². The highest BCUT2D eigenvalue weighted by molar-refractivity contribution is 6.36. The minimum absolute atomic E-state index is 0.0622. The average Bonchev–Trinajstić information content (AvgIpc) is 3.05. The van der Waals surface area contributed by atoms with Crippen molar-refractivity contribution in [3.8, 4) is 11.5 Å². The van der Waals surface area contributed by atoms with E-state index < -0.39 is 0 Å². The summed E-state index contributed by atoms with van der Waals surface area (Å²) in [6.07, 6.45) is 0.0622. The van der Waals surface area contributed by atoms with Crippen LogP contribution in [0.5, 0.6) is 11.5 Å². The molecular weight excluding hydrogens is 428 g/mol. The Hall–Kier alpha value is -4.06. The number of carbonyl (C=O) groups excluding carboxylic acids is 2. The van der Waals surface area contributed by atoms with E-state index in [4.69, 9.17) is 9.47 Å². The van der Waals surface area contributed by atoms with Gasteiger partial charge in [-0.1, -0.05) is 48.0 Å². The maximum atomic E-state index is 13.5. The lowest BCUT2D eigenvalue weighted by Crippen LogP contribution is -2.32. The minimum atomic E-state index is -0.381. The maximum absolute atomic E-state index is 13.5. The lowest BCUT2D eigenvalue weighted by atomic mass is 10.0. The molecule has 0 bridgehead atoms. The van der Waals surface area contributed by atoms with Crippen LogP contribution >= 0.6 is 0 Å². The topological polar surface area (TPSA) is 67.9 Å². The largest absolute Gasteiger partial charge is 0.496 e. The van der Waals surface area contributed by atoms with Crippen LogP contribution in [0.3, 0.4) is 0 Å². The number of amides is 2. The summed E-state index contributed by atoms with van der Waals surface area (Å²) in [7, 11) is 1.57. The molecule has 3 aromatic carbocycles. The summed E-state index contributed by atoms with van der Waals surface area (Å²) in [6, 6.07) is 22.3. The number of para-hydroxylation sites is 1. The van der Waals surface area contributed by atoms with E-state index in [0.29, 0.717) is 22.6 Å². The van der Waals surface area contributed by atoms with Gasteiger partial charge in [0.25, 0.3) is 11.8 Å². The van der Waals surface area contributed by atoms with Gasteiger partial charge >= 0.3 is 0 Å². The summed E-state index contributed by atoms with van der Waals surface area (Å²) in [6.45, 7) is 6.02. The molecule has 6 heteroatoms. The van der Waals surface area contributed by atoms with E-state index in [1.165, 1.54) is 4.90 Å². The van der Waals surface area contributed by atoms with E-state index >= 15 is 0 Å². The van der Waals surface area contributed by atoms with E-state index in [0.717, 1.165) is 16.9 Å². The van der Waals surface area contributed by atoms with E-state index in [1.54, 1.807) is 7.11 Å². The number of nitrogens with one attached hydrogen (secondary N) is 1. The second-order valence-electron chi connectivity index (χ2n) is 8.44. The molecule has 0 unspecified atom stereocenters. The van der Waals surface area contributed by atoms with Gasteiger partial charge in [-0.05, 0) is 56.7 Å². The third-order valence-electron chi connectivity index (χ3n) is 5.52. The van der Waals surface area contributed by atoms with Crippen molar-refractivity contribution in [2.24, 2.45) is 0 Å². The summed E-state index contributed by atoms with van der Waals surface area (Å²) in [5.41, 5.74) is 3.81. The highest BCUT2D eigenvalue weighted by atomic mass is 16.5. The zero-order valence-corrected chi connectivity index (χ0v) is 19.8. The third kappa shape index (κ3) is 4.81. The molecule has 1 N–H and O–H groups in total. The Balaban J connectivity index is 1.69. The molecule has 2 amide bonds. The van der Waals surface area contributed by atoms with Crippen molar-refractivity contribution in [3.63, 3.8) is 0 Å². The second-order valence-corrected chi connectivity index (χ2v) is 8.44. The monoisotopic (exact) mass is 456 g/mol. The number of carbonyl (C=O) groups is 2. The van der Waals surface area contributed by atoms with Gasteiger partial charge in [-0.3, -0.25) is 14.5 Å². The molecule has 0 aliphatic carbocycles. The summed E-state index contributed by atoms with van der Waals surface area (Å²) in [4.78, 5) is 28.3. The number of rotatable bonds is 8. The van der Waals surface area contributed by atoms with Gasteiger partial charge in [0.2, 0.25) is 0 Å². The Morgan fingerprint density at radius 3 is 2.21 bits per heavy atom. The van der Waals surface area contributed by atoms with Crippen molar-refractivity contribution in [2.45, 2.75) is 33.4 Å². The number of hydrogen-bond donors (Lipinski definition) is 1. The molecule has 34 heavy (non-hydrogen) atoms. The van der Waals surface area contributed by atoms with Gasteiger partial charge in [0.05, 0.1) is 25.3 Å². The van der Waals surface area contributed by atoms with Crippen molar-refractivity contribution in [2.75, 3.05) is 12.4 Å². The summed E-state index contributed by atoms with van der Waals surface area (Å²) >= 11 is 0. The fraction of sp³-hybridized carbons (Fsp3) is 0.214. The first-order valence-corrected chi connectivity index (χ1v) is 11.2. The van der Waals surface area contributed by atoms with Gasteiger partial charge in [0.15, 0.2) is 0 Å². The van der Waals surface area contributed by atoms with Gasteiger partial charge in [-0.25, -0.2) is 0 Å². The molecular formula is C28H28N2O4. The van der Waals surface area contributed by atoms with Crippen LogP contribution in [-0.2, 0) is 16.1 Å². The van der Waals surface area contributed by atoms with Crippen molar-refractivity contribution in [3.05, 3.63) is 95.2 Å². The van der Waals surface area contributed by atoms with Crippen LogP contribution in [0.15, 0.2) is 78.5 Å². The number of imide groups is 1. The maximum Gasteiger partial charge on any atom is 0.278 e. The van der Waals surface area contributed by atoms with Crippen molar-refractivity contribution in [1.29, 1.82) is 0 Å². The molecule has 1 aliphatic heterocycles. The fourth-order valence-electron chi connectivity index (χ4n) is 3.86. The second kappa shape index (κ2) is 9.83. The molecule has 1 aliphatic rings. The molecule has 3 aromatic rings. The minimum Gasteiger partial charge on any atom is -0.496 e. The van der Waals surface area contributed by atoms with Gasteiger partial charge in [0, 0.05) is 11.3 Å². The molecule has 0 spiro atoms. The predicted octanol–water partition coefficient (Wildman–Crippen LogP) is 5.18. The predicted molar refractivity (Wildman–Crippen MR) is 132 cm³/mol. The Kier molecular flexibility index (Phi) is 6.68. The molecule has 1 heterocycles. The Bertz CT molecular complexity index is 1230. The van der Waals surface area contributed by atoms with Crippen molar-refractivity contribution in [1.82, 2.24) is 4.90 Å². The van der Waals surface area contributed by atoms with Crippen molar-refractivity contribution >= 4 is 23.1 Å². The van der Waals surface area contributed by atoms with E-state index in [1.807, 2.05) is 93.6 Å². The van der Waals surface area contributed by atoms with Gasteiger partial charge < -0.3 is 14.8 Å². The number of benzene rings is 3. The van der Waals surface area contributed by atoms with Crippen LogP contribution in [0.4, 0.5) is 5.69 Å². The average molecular weight is 457 g/mol. The fourth-order valence-corrected chi connectivity index (χ4v) is 3.86. The van der Waals surface area contributed by atoms with Crippen molar-refractivity contribution < 1.29 is 19.1 Å². The molecule has 0 radical (unpaired) electrons. The van der Waals surface area contributed by atoms with Gasteiger partial charge in [-0.2, -0.15) is 0 Å². The molecule has 0 saturated carbocycles. The zero-order chi connectivity index (χ0) is 24.2. The molecule has 0 saturated heterocycles. The van der Waals surface area contributed by atoms with Crippen LogP contribution in [0, 0.1) is 6.92 Å². The summed E-state index contributed by atoms with van der Waals surface area (Å²) in [5.74, 6) is 0.637. The first-order chi connectivity index (χ1) is 16.4. The molecule has 6 nitrogen and oxygen atoms in total. The highest BCUT2D eigenvalue weighted by Gasteiger charge is 2.39. The zero-order valence-electron chi connectivity index (χ0n) is 19.8. The van der Waals surface area contributed by atoms with Crippen LogP contribution in [0.1, 0.15) is 30.5 Å². The first kappa shape index (κ1) is 23.1. The molecule has 4 rings (SSSR count). The normalized spacial score (nSPS) is 13.6. The number of hydrogen-bond acceptors (Lipinski definition) is 5. The molecule has 174 valence electrons. The first-order valence-electron chi connectivity index (χ1n) is 11.2. The number of anilines is 1. The van der Waals surface area contributed by atoms with E-state index in [9.17, 15) is 9.59 Å². The van der Waals surface area contributed by atoms with E-state index in [-0.39, 0.29) is 30.2 Å². The third-order valence-corrected chi connectivity index (χ3v) is 5.52. The summed E-state index contributed by atoms with van der Waals surface area (Å²) < 4.78 is 11.1. The van der Waals surface area contributed by atoms with Crippen LogP contribution in [0.25, 0.3) is 5.57 Å². The smallest absolute Gasteiger partial charge is 0.278 e. The highest BCUT2D eigenvalue weighted by Crippen LogP contribution is 2.33.